The van der Waals surface area contributed by atoms with Crippen LogP contribution in [0.5, 0.6) is 5.88 Å². The van der Waals surface area contributed by atoms with Gasteiger partial charge in [-0.25, -0.2) is 9.37 Å². The number of amides is 2. The second-order valence-electron chi connectivity index (χ2n) is 9.79. The summed E-state index contributed by atoms with van der Waals surface area (Å²) in [4.78, 5) is 33.9. The van der Waals surface area contributed by atoms with Crippen LogP contribution >= 0.6 is 0 Å². The van der Waals surface area contributed by atoms with E-state index in [9.17, 15) is 19.1 Å². The van der Waals surface area contributed by atoms with Crippen molar-refractivity contribution < 1.29 is 23.8 Å². The minimum absolute atomic E-state index is 0.170. The molecule has 0 spiro atoms. The number of rotatable bonds is 6. The number of aliphatic hydroxyl groups is 1. The van der Waals surface area contributed by atoms with E-state index in [1.54, 1.807) is 31.1 Å². The molecular weight excluding hydrogens is 461 g/mol. The Hall–Kier alpha value is -3.44. The SMILES string of the molecule is CC(C)CC#Cc1cnc2c(c1)C(=O)N([C@H](C)CO)C[C@@H](C)[C@@H](CN(C)C(=O)c1ccc(F)cc1)O2. The largest absolute Gasteiger partial charge is 0.472 e. The number of pyridine rings is 1. The lowest BCUT2D eigenvalue weighted by atomic mass is 9.99. The quantitative estimate of drug-likeness (QED) is 0.619. The van der Waals surface area contributed by atoms with Crippen LogP contribution in [0.2, 0.25) is 0 Å². The van der Waals surface area contributed by atoms with Crippen molar-refractivity contribution >= 4 is 11.8 Å². The van der Waals surface area contributed by atoms with Gasteiger partial charge in [-0.15, -0.1) is 0 Å². The number of carbonyl (C=O) groups excluding carboxylic acids is 2. The van der Waals surface area contributed by atoms with Crippen molar-refractivity contribution in [2.45, 2.75) is 46.3 Å². The normalized spacial score (nSPS) is 18.3. The summed E-state index contributed by atoms with van der Waals surface area (Å²) in [5.74, 6) is 5.63. The Kier molecular flexibility index (Phi) is 9.05. The average molecular weight is 496 g/mol. The first-order valence-electron chi connectivity index (χ1n) is 12.2. The third-order valence-corrected chi connectivity index (χ3v) is 6.16. The second kappa shape index (κ2) is 12.0. The summed E-state index contributed by atoms with van der Waals surface area (Å²) < 4.78 is 19.5. The number of aliphatic hydroxyl groups excluding tert-OH is 1. The number of fused-ring (bicyclic) bond motifs is 1. The second-order valence-corrected chi connectivity index (χ2v) is 9.79. The summed E-state index contributed by atoms with van der Waals surface area (Å²) >= 11 is 0. The summed E-state index contributed by atoms with van der Waals surface area (Å²) in [5.41, 5.74) is 1.25. The van der Waals surface area contributed by atoms with Crippen LogP contribution in [-0.4, -0.2) is 70.6 Å². The van der Waals surface area contributed by atoms with Crippen LogP contribution < -0.4 is 4.74 Å². The van der Waals surface area contributed by atoms with Gasteiger partial charge in [0.1, 0.15) is 17.5 Å². The highest BCUT2D eigenvalue weighted by Crippen LogP contribution is 2.27. The fourth-order valence-corrected chi connectivity index (χ4v) is 3.91. The highest BCUT2D eigenvalue weighted by atomic mass is 19.1. The Morgan fingerprint density at radius 1 is 1.31 bits per heavy atom. The van der Waals surface area contributed by atoms with Gasteiger partial charge in [-0.05, 0) is 43.2 Å². The molecule has 1 aliphatic heterocycles. The fraction of sp³-hybridized carbons (Fsp3) is 0.464. The number of ether oxygens (including phenoxy) is 1. The zero-order valence-corrected chi connectivity index (χ0v) is 21.5. The van der Waals surface area contributed by atoms with Gasteiger partial charge < -0.3 is 19.6 Å². The fourth-order valence-electron chi connectivity index (χ4n) is 3.91. The molecule has 1 aromatic carbocycles. The van der Waals surface area contributed by atoms with Gasteiger partial charge in [0, 0.05) is 43.3 Å². The Bertz CT molecular complexity index is 1140. The van der Waals surface area contributed by atoms with Gasteiger partial charge in [0.05, 0.1) is 19.2 Å². The summed E-state index contributed by atoms with van der Waals surface area (Å²) in [6.45, 7) is 8.24. The lowest BCUT2D eigenvalue weighted by Gasteiger charge is -2.37. The zero-order valence-electron chi connectivity index (χ0n) is 21.5. The molecule has 2 amide bonds. The minimum Gasteiger partial charge on any atom is -0.472 e. The van der Waals surface area contributed by atoms with Gasteiger partial charge in [0.25, 0.3) is 11.8 Å². The molecule has 0 fully saturated rings. The number of likely N-dealkylation sites (N-methyl/N-ethyl adjacent to an activating group) is 1. The predicted octanol–water partition coefficient (Wildman–Crippen LogP) is 3.61. The van der Waals surface area contributed by atoms with Gasteiger partial charge in [0.2, 0.25) is 5.88 Å². The van der Waals surface area contributed by atoms with Gasteiger partial charge >= 0.3 is 0 Å². The Balaban J connectivity index is 1.92. The highest BCUT2D eigenvalue weighted by Gasteiger charge is 2.34. The van der Waals surface area contributed by atoms with Crippen LogP contribution in [0.25, 0.3) is 0 Å². The third kappa shape index (κ3) is 6.61. The molecule has 3 atom stereocenters. The molecule has 0 radical (unpaired) electrons. The molecule has 0 saturated heterocycles. The van der Waals surface area contributed by atoms with E-state index in [1.165, 1.54) is 29.2 Å². The molecular formula is C28H34FN3O4. The lowest BCUT2D eigenvalue weighted by Crippen LogP contribution is -2.50. The van der Waals surface area contributed by atoms with E-state index in [-0.39, 0.29) is 42.3 Å². The minimum atomic E-state index is -0.481. The van der Waals surface area contributed by atoms with Crippen LogP contribution in [0.4, 0.5) is 4.39 Å². The van der Waals surface area contributed by atoms with Crippen LogP contribution in [0.15, 0.2) is 36.5 Å². The molecule has 8 heteroatoms. The van der Waals surface area contributed by atoms with Gasteiger partial charge in [0.15, 0.2) is 0 Å². The number of carbonyl (C=O) groups is 2. The first-order valence-corrected chi connectivity index (χ1v) is 12.2. The summed E-state index contributed by atoms with van der Waals surface area (Å²) in [6.07, 6.45) is 1.82. The van der Waals surface area contributed by atoms with Crippen molar-refractivity contribution in [2.24, 2.45) is 11.8 Å². The standard InChI is InChI=1S/C28H34FN3O4/c1-18(2)7-6-8-21-13-24-26(30-14-21)36-25(19(3)15-32(28(24)35)20(4)17-33)16-31(5)27(34)22-9-11-23(29)12-10-22/h9-14,18-20,25,33H,7,15-17H2,1-5H3/t19-,20-,25-/m1/s1. The summed E-state index contributed by atoms with van der Waals surface area (Å²) in [7, 11) is 1.65. The van der Waals surface area contributed by atoms with Crippen molar-refractivity contribution in [1.29, 1.82) is 0 Å². The van der Waals surface area contributed by atoms with Crippen molar-refractivity contribution in [2.75, 3.05) is 26.7 Å². The molecule has 36 heavy (non-hydrogen) atoms. The monoisotopic (exact) mass is 495 g/mol. The Labute approximate surface area is 212 Å². The maximum atomic E-state index is 13.5. The van der Waals surface area contributed by atoms with E-state index in [4.69, 9.17) is 4.74 Å². The van der Waals surface area contributed by atoms with Crippen molar-refractivity contribution in [3.8, 4) is 17.7 Å². The van der Waals surface area contributed by atoms with Crippen LogP contribution in [0, 0.1) is 29.5 Å². The molecule has 192 valence electrons. The highest BCUT2D eigenvalue weighted by molar-refractivity contribution is 5.97. The number of aromatic nitrogens is 1. The molecule has 0 saturated carbocycles. The van der Waals surface area contributed by atoms with Crippen LogP contribution in [-0.2, 0) is 0 Å². The number of hydrogen-bond donors (Lipinski definition) is 1. The molecule has 2 aromatic rings. The molecule has 0 bridgehead atoms. The molecule has 1 aromatic heterocycles. The number of halogens is 1. The molecule has 1 aliphatic rings. The topological polar surface area (TPSA) is 83.0 Å². The summed E-state index contributed by atoms with van der Waals surface area (Å²) in [6, 6.07) is 6.64. The van der Waals surface area contributed by atoms with Crippen molar-refractivity contribution in [3.63, 3.8) is 0 Å². The smallest absolute Gasteiger partial charge is 0.259 e. The molecule has 3 rings (SSSR count). The number of nitrogens with zero attached hydrogens (tertiary/aromatic N) is 3. The molecule has 1 N–H and O–H groups in total. The van der Waals surface area contributed by atoms with Gasteiger partial charge in [-0.2, -0.15) is 0 Å². The van der Waals surface area contributed by atoms with E-state index in [0.29, 0.717) is 23.6 Å². The Morgan fingerprint density at radius 2 is 2.00 bits per heavy atom. The third-order valence-electron chi connectivity index (χ3n) is 6.16. The molecule has 0 aliphatic carbocycles. The van der Waals surface area contributed by atoms with Crippen LogP contribution in [0.1, 0.15) is 60.4 Å². The van der Waals surface area contributed by atoms with Gasteiger partial charge in [-0.1, -0.05) is 32.6 Å². The average Bonchev–Trinajstić information content (AvgIpc) is 2.85. The van der Waals surface area contributed by atoms with E-state index in [2.05, 4.69) is 30.7 Å². The zero-order chi connectivity index (χ0) is 26.4. The van der Waals surface area contributed by atoms with E-state index in [0.717, 1.165) is 6.42 Å². The van der Waals surface area contributed by atoms with E-state index in [1.807, 2.05) is 6.92 Å². The first-order chi connectivity index (χ1) is 17.1. The maximum absolute atomic E-state index is 13.5. The van der Waals surface area contributed by atoms with E-state index < -0.39 is 18.0 Å². The maximum Gasteiger partial charge on any atom is 0.259 e. The van der Waals surface area contributed by atoms with Crippen LogP contribution in [0.3, 0.4) is 0 Å². The lowest BCUT2D eigenvalue weighted by molar-refractivity contribution is 0.0313. The van der Waals surface area contributed by atoms with Gasteiger partial charge in [-0.3, -0.25) is 9.59 Å². The molecule has 2 heterocycles. The van der Waals surface area contributed by atoms with E-state index >= 15 is 0 Å². The number of benzene rings is 1. The summed E-state index contributed by atoms with van der Waals surface area (Å²) in [5, 5.41) is 9.81. The molecule has 7 nitrogen and oxygen atoms in total. The number of hydrogen-bond acceptors (Lipinski definition) is 5. The predicted molar refractivity (Wildman–Crippen MR) is 135 cm³/mol. The van der Waals surface area contributed by atoms with Crippen molar-refractivity contribution in [3.05, 3.63) is 59.0 Å². The van der Waals surface area contributed by atoms with Crippen molar-refractivity contribution in [1.82, 2.24) is 14.8 Å². The Morgan fingerprint density at radius 3 is 2.64 bits per heavy atom. The molecule has 0 unspecified atom stereocenters. The first kappa shape index (κ1) is 27.2.